The highest BCUT2D eigenvalue weighted by Gasteiger charge is 2.18. The molecule has 0 bridgehead atoms. The summed E-state index contributed by atoms with van der Waals surface area (Å²) in [7, 11) is 0. The van der Waals surface area contributed by atoms with Crippen LogP contribution in [0, 0.1) is 0 Å². The highest BCUT2D eigenvalue weighted by Crippen LogP contribution is 2.23. The van der Waals surface area contributed by atoms with Gasteiger partial charge in [0.1, 0.15) is 12.2 Å². The van der Waals surface area contributed by atoms with Gasteiger partial charge in [-0.05, 0) is 25.0 Å². The molecule has 0 aliphatic carbocycles. The average Bonchev–Trinajstić information content (AvgIpc) is 2.92. The lowest BCUT2D eigenvalue weighted by atomic mass is 10.1. The van der Waals surface area contributed by atoms with Crippen molar-refractivity contribution in [1.29, 1.82) is 0 Å². The molecule has 0 saturated carbocycles. The molecule has 1 aromatic carbocycles. The van der Waals surface area contributed by atoms with E-state index < -0.39 is 0 Å². The number of rotatable bonds is 1. The van der Waals surface area contributed by atoms with E-state index >= 15 is 0 Å². The molecule has 6 heteroatoms. The molecule has 21 heavy (non-hydrogen) atoms. The summed E-state index contributed by atoms with van der Waals surface area (Å²) in [5.41, 5.74) is 1.72. The maximum absolute atomic E-state index is 12.5. The van der Waals surface area contributed by atoms with Crippen molar-refractivity contribution in [3.05, 3.63) is 51.8 Å². The number of nitrogens with zero attached hydrogens (tertiary/aromatic N) is 4. The van der Waals surface area contributed by atoms with E-state index in [2.05, 4.69) is 9.97 Å². The molecule has 5 nitrogen and oxygen atoms in total. The fourth-order valence-electron chi connectivity index (χ4n) is 2.83. The smallest absolute Gasteiger partial charge is 0.281 e. The standard InChI is InChI=1S/C15H13ClN4O/c16-10-5-1-2-6-11(10)20-9-17-13-14(20)18-12-7-3-4-8-19(12)15(13)21/h1-2,5-6,9H,3-4,7-8H2. The van der Waals surface area contributed by atoms with Gasteiger partial charge in [-0.3, -0.25) is 13.9 Å². The first kappa shape index (κ1) is 12.6. The quantitative estimate of drug-likeness (QED) is 0.694. The Balaban J connectivity index is 2.03. The maximum atomic E-state index is 12.5. The van der Waals surface area contributed by atoms with Crippen molar-refractivity contribution in [2.75, 3.05) is 0 Å². The number of para-hydroxylation sites is 1. The molecule has 0 unspecified atom stereocenters. The van der Waals surface area contributed by atoms with Crippen LogP contribution < -0.4 is 5.56 Å². The number of benzene rings is 1. The Hall–Kier alpha value is -2.14. The van der Waals surface area contributed by atoms with Crippen LogP contribution in [0.25, 0.3) is 16.9 Å². The first-order chi connectivity index (χ1) is 10.3. The zero-order chi connectivity index (χ0) is 14.4. The first-order valence-electron chi connectivity index (χ1n) is 6.97. The van der Waals surface area contributed by atoms with Gasteiger partial charge in [-0.2, -0.15) is 0 Å². The van der Waals surface area contributed by atoms with Crippen LogP contribution in [0.1, 0.15) is 18.7 Å². The second-order valence-corrected chi connectivity index (χ2v) is 5.59. The topological polar surface area (TPSA) is 52.7 Å². The lowest BCUT2D eigenvalue weighted by Crippen LogP contribution is -2.28. The van der Waals surface area contributed by atoms with Gasteiger partial charge in [0.2, 0.25) is 0 Å². The summed E-state index contributed by atoms with van der Waals surface area (Å²) >= 11 is 6.24. The fourth-order valence-corrected chi connectivity index (χ4v) is 3.05. The molecule has 0 atom stereocenters. The van der Waals surface area contributed by atoms with Crippen molar-refractivity contribution < 1.29 is 0 Å². The van der Waals surface area contributed by atoms with E-state index in [4.69, 9.17) is 11.6 Å². The summed E-state index contributed by atoms with van der Waals surface area (Å²) < 4.78 is 3.53. The number of hydrogen-bond acceptors (Lipinski definition) is 3. The third kappa shape index (κ3) is 1.88. The molecular weight excluding hydrogens is 288 g/mol. The van der Waals surface area contributed by atoms with E-state index in [9.17, 15) is 4.79 Å². The number of halogens is 1. The van der Waals surface area contributed by atoms with Crippen molar-refractivity contribution in [2.45, 2.75) is 25.8 Å². The van der Waals surface area contributed by atoms with E-state index in [1.807, 2.05) is 24.3 Å². The van der Waals surface area contributed by atoms with Crippen molar-refractivity contribution in [3.63, 3.8) is 0 Å². The highest BCUT2D eigenvalue weighted by atomic mass is 35.5. The van der Waals surface area contributed by atoms with Gasteiger partial charge in [0, 0.05) is 13.0 Å². The monoisotopic (exact) mass is 300 g/mol. The SMILES string of the molecule is O=c1c2ncn(-c3ccccc3Cl)c2nc2n1CCCC2. The van der Waals surface area contributed by atoms with Gasteiger partial charge in [-0.25, -0.2) is 9.97 Å². The zero-order valence-corrected chi connectivity index (χ0v) is 12.0. The molecule has 1 aliphatic rings. The van der Waals surface area contributed by atoms with Crippen molar-refractivity contribution >= 4 is 22.8 Å². The second kappa shape index (κ2) is 4.70. The first-order valence-corrected chi connectivity index (χ1v) is 7.35. The van der Waals surface area contributed by atoms with Gasteiger partial charge >= 0.3 is 0 Å². The zero-order valence-electron chi connectivity index (χ0n) is 11.3. The van der Waals surface area contributed by atoms with Crippen LogP contribution in [0.4, 0.5) is 0 Å². The van der Waals surface area contributed by atoms with Crippen LogP contribution >= 0.6 is 11.6 Å². The summed E-state index contributed by atoms with van der Waals surface area (Å²) in [4.78, 5) is 21.4. The fraction of sp³-hybridized carbons (Fsp3) is 0.267. The molecule has 0 fully saturated rings. The van der Waals surface area contributed by atoms with Crippen LogP contribution in [0.2, 0.25) is 5.02 Å². The average molecular weight is 301 g/mol. The molecule has 3 aromatic rings. The Kier molecular flexibility index (Phi) is 2.82. The van der Waals surface area contributed by atoms with Gasteiger partial charge in [0.05, 0.1) is 10.7 Å². The van der Waals surface area contributed by atoms with Gasteiger partial charge in [-0.1, -0.05) is 23.7 Å². The summed E-state index contributed by atoms with van der Waals surface area (Å²) in [5.74, 6) is 0.840. The normalized spacial score (nSPS) is 14.3. The van der Waals surface area contributed by atoms with Gasteiger partial charge in [-0.15, -0.1) is 0 Å². The number of fused-ring (bicyclic) bond motifs is 2. The molecule has 4 rings (SSSR count). The maximum Gasteiger partial charge on any atom is 0.281 e. The van der Waals surface area contributed by atoms with Gasteiger partial charge in [0.15, 0.2) is 11.2 Å². The minimum atomic E-state index is -0.0551. The molecule has 0 radical (unpaired) electrons. The molecule has 1 aliphatic heterocycles. The molecule has 2 aromatic heterocycles. The van der Waals surface area contributed by atoms with Gasteiger partial charge in [0.25, 0.3) is 5.56 Å². The largest absolute Gasteiger partial charge is 0.295 e. The molecule has 3 heterocycles. The molecule has 0 saturated heterocycles. The lowest BCUT2D eigenvalue weighted by Gasteiger charge is -2.17. The van der Waals surface area contributed by atoms with E-state index in [0.29, 0.717) is 16.2 Å². The Bertz CT molecular complexity index is 896. The summed E-state index contributed by atoms with van der Waals surface area (Å²) in [6.45, 7) is 0.732. The Morgan fingerprint density at radius 3 is 2.90 bits per heavy atom. The number of hydrogen-bond donors (Lipinski definition) is 0. The minimum absolute atomic E-state index is 0.0551. The predicted octanol–water partition coefficient (Wildman–Crippen LogP) is 2.57. The molecule has 106 valence electrons. The van der Waals surface area contributed by atoms with Crippen LogP contribution in [0.5, 0.6) is 0 Å². The Morgan fingerprint density at radius 2 is 2.05 bits per heavy atom. The van der Waals surface area contributed by atoms with E-state index in [1.54, 1.807) is 15.5 Å². The number of aromatic nitrogens is 4. The number of aryl methyl sites for hydroxylation is 1. The van der Waals surface area contributed by atoms with Crippen LogP contribution in [-0.4, -0.2) is 19.1 Å². The Labute approximate surface area is 125 Å². The minimum Gasteiger partial charge on any atom is -0.295 e. The van der Waals surface area contributed by atoms with Crippen LogP contribution in [0.3, 0.4) is 0 Å². The van der Waals surface area contributed by atoms with Crippen molar-refractivity contribution in [1.82, 2.24) is 19.1 Å². The van der Waals surface area contributed by atoms with Crippen molar-refractivity contribution in [2.24, 2.45) is 0 Å². The summed E-state index contributed by atoms with van der Waals surface area (Å²) in [6.07, 6.45) is 4.54. The molecule has 0 amide bonds. The highest BCUT2D eigenvalue weighted by molar-refractivity contribution is 6.32. The Morgan fingerprint density at radius 1 is 1.19 bits per heavy atom. The second-order valence-electron chi connectivity index (χ2n) is 5.18. The molecule has 0 N–H and O–H groups in total. The third-order valence-electron chi connectivity index (χ3n) is 3.88. The van der Waals surface area contributed by atoms with Crippen LogP contribution in [0.15, 0.2) is 35.4 Å². The number of imidazole rings is 1. The van der Waals surface area contributed by atoms with E-state index in [0.717, 1.165) is 37.3 Å². The van der Waals surface area contributed by atoms with Crippen molar-refractivity contribution in [3.8, 4) is 5.69 Å². The van der Waals surface area contributed by atoms with Gasteiger partial charge < -0.3 is 0 Å². The lowest BCUT2D eigenvalue weighted by molar-refractivity contribution is 0.500. The molecular formula is C15H13ClN4O. The summed E-state index contributed by atoms with van der Waals surface area (Å²) in [5, 5.41) is 0.608. The summed E-state index contributed by atoms with van der Waals surface area (Å²) in [6, 6.07) is 7.48. The van der Waals surface area contributed by atoms with E-state index in [-0.39, 0.29) is 5.56 Å². The molecule has 0 spiro atoms. The van der Waals surface area contributed by atoms with E-state index in [1.165, 1.54) is 0 Å². The third-order valence-corrected chi connectivity index (χ3v) is 4.20. The van der Waals surface area contributed by atoms with Crippen LogP contribution in [-0.2, 0) is 13.0 Å². The predicted molar refractivity (Wildman–Crippen MR) is 81.1 cm³/mol.